The lowest BCUT2D eigenvalue weighted by atomic mass is 10.2. The molecular formula is C12H9ClN4. The standard InChI is InChI=1S/C12H9ClN4/c13-8-5-6-11(9(14)7-8)17-12-4-2-1-3-10(12)15-16-17/h1-7H,14H2. The number of benzene rings is 2. The van der Waals surface area contributed by atoms with E-state index < -0.39 is 0 Å². The minimum absolute atomic E-state index is 0.577. The lowest BCUT2D eigenvalue weighted by Crippen LogP contribution is -2.01. The third-order valence-corrected chi connectivity index (χ3v) is 2.80. The lowest BCUT2D eigenvalue weighted by Gasteiger charge is -2.06. The number of hydrogen-bond donors (Lipinski definition) is 1. The van der Waals surface area contributed by atoms with E-state index in [0.717, 1.165) is 16.7 Å². The van der Waals surface area contributed by atoms with Gasteiger partial charge >= 0.3 is 0 Å². The summed E-state index contributed by atoms with van der Waals surface area (Å²) >= 11 is 5.87. The molecule has 0 aliphatic rings. The Balaban J connectivity index is 2.27. The fraction of sp³-hybridized carbons (Fsp3) is 0. The smallest absolute Gasteiger partial charge is 0.113 e. The van der Waals surface area contributed by atoms with E-state index in [4.69, 9.17) is 17.3 Å². The van der Waals surface area contributed by atoms with Crippen molar-refractivity contribution in [1.29, 1.82) is 0 Å². The molecule has 0 atom stereocenters. The van der Waals surface area contributed by atoms with Crippen LogP contribution in [-0.4, -0.2) is 15.0 Å². The highest BCUT2D eigenvalue weighted by atomic mass is 35.5. The molecular weight excluding hydrogens is 236 g/mol. The van der Waals surface area contributed by atoms with Crippen molar-refractivity contribution in [2.24, 2.45) is 0 Å². The molecule has 0 bridgehead atoms. The Hall–Kier alpha value is -2.07. The second-order valence-corrected chi connectivity index (χ2v) is 4.13. The second kappa shape index (κ2) is 3.75. The maximum Gasteiger partial charge on any atom is 0.113 e. The Kier molecular flexibility index (Phi) is 2.23. The molecule has 0 radical (unpaired) electrons. The zero-order valence-electron chi connectivity index (χ0n) is 8.84. The van der Waals surface area contributed by atoms with Crippen molar-refractivity contribution in [3.8, 4) is 5.69 Å². The van der Waals surface area contributed by atoms with E-state index in [1.807, 2.05) is 30.3 Å². The molecule has 3 rings (SSSR count). The quantitative estimate of drug-likeness (QED) is 0.670. The zero-order valence-corrected chi connectivity index (χ0v) is 9.59. The van der Waals surface area contributed by atoms with Gasteiger partial charge in [-0.25, -0.2) is 4.68 Å². The number of nitrogen functional groups attached to an aromatic ring is 1. The van der Waals surface area contributed by atoms with Crippen LogP contribution >= 0.6 is 11.6 Å². The van der Waals surface area contributed by atoms with Gasteiger partial charge in [0.25, 0.3) is 0 Å². The normalized spacial score (nSPS) is 10.9. The number of nitrogens with zero attached hydrogens (tertiary/aromatic N) is 3. The van der Waals surface area contributed by atoms with Crippen LogP contribution in [0.15, 0.2) is 42.5 Å². The molecule has 0 aliphatic heterocycles. The van der Waals surface area contributed by atoms with E-state index in [0.29, 0.717) is 10.7 Å². The average molecular weight is 245 g/mol. The van der Waals surface area contributed by atoms with Crippen LogP contribution in [0.25, 0.3) is 16.7 Å². The number of nitrogens with two attached hydrogens (primary N) is 1. The van der Waals surface area contributed by atoms with Crippen molar-refractivity contribution >= 4 is 28.3 Å². The van der Waals surface area contributed by atoms with E-state index in [1.165, 1.54) is 0 Å². The Morgan fingerprint density at radius 3 is 2.76 bits per heavy atom. The monoisotopic (exact) mass is 244 g/mol. The summed E-state index contributed by atoms with van der Waals surface area (Å²) in [5.41, 5.74) is 9.04. The van der Waals surface area contributed by atoms with E-state index >= 15 is 0 Å². The first kappa shape index (κ1) is 10.1. The third kappa shape index (κ3) is 1.62. The summed E-state index contributed by atoms with van der Waals surface area (Å²) in [6, 6.07) is 13.0. The summed E-state index contributed by atoms with van der Waals surface area (Å²) < 4.78 is 1.71. The van der Waals surface area contributed by atoms with Crippen molar-refractivity contribution in [2.75, 3.05) is 5.73 Å². The summed E-state index contributed by atoms with van der Waals surface area (Å²) in [5, 5.41) is 8.79. The van der Waals surface area contributed by atoms with Crippen molar-refractivity contribution in [2.45, 2.75) is 0 Å². The van der Waals surface area contributed by atoms with Gasteiger partial charge in [0, 0.05) is 5.02 Å². The summed E-state index contributed by atoms with van der Waals surface area (Å²) in [7, 11) is 0. The fourth-order valence-corrected chi connectivity index (χ4v) is 1.95. The van der Waals surface area contributed by atoms with Gasteiger partial charge in [-0.15, -0.1) is 5.10 Å². The largest absolute Gasteiger partial charge is 0.397 e. The van der Waals surface area contributed by atoms with Crippen LogP contribution in [0.5, 0.6) is 0 Å². The zero-order chi connectivity index (χ0) is 11.8. The highest BCUT2D eigenvalue weighted by Gasteiger charge is 2.08. The number of aromatic nitrogens is 3. The van der Waals surface area contributed by atoms with Crippen LogP contribution in [0, 0.1) is 0 Å². The van der Waals surface area contributed by atoms with Crippen LogP contribution < -0.4 is 5.73 Å². The molecule has 2 N–H and O–H groups in total. The maximum absolute atomic E-state index is 5.93. The van der Waals surface area contributed by atoms with Gasteiger partial charge in [0.1, 0.15) is 5.52 Å². The first-order valence-electron chi connectivity index (χ1n) is 5.11. The molecule has 84 valence electrons. The number of rotatable bonds is 1. The van der Waals surface area contributed by atoms with Gasteiger partial charge in [0.05, 0.1) is 16.9 Å². The lowest BCUT2D eigenvalue weighted by molar-refractivity contribution is 0.826. The van der Waals surface area contributed by atoms with Crippen LogP contribution in [0.1, 0.15) is 0 Å². The van der Waals surface area contributed by atoms with Crippen LogP contribution in [0.2, 0.25) is 5.02 Å². The maximum atomic E-state index is 5.93. The van der Waals surface area contributed by atoms with Gasteiger partial charge < -0.3 is 5.73 Å². The molecule has 0 saturated heterocycles. The van der Waals surface area contributed by atoms with Crippen molar-refractivity contribution < 1.29 is 0 Å². The molecule has 3 aromatic rings. The molecule has 4 nitrogen and oxygen atoms in total. The predicted octanol–water partition coefficient (Wildman–Crippen LogP) is 2.66. The minimum atomic E-state index is 0.577. The molecule has 17 heavy (non-hydrogen) atoms. The summed E-state index contributed by atoms with van der Waals surface area (Å²) in [5.74, 6) is 0. The number of anilines is 1. The molecule has 2 aromatic carbocycles. The topological polar surface area (TPSA) is 56.7 Å². The number of fused-ring (bicyclic) bond motifs is 1. The Bertz CT molecular complexity index is 690. The summed E-state index contributed by atoms with van der Waals surface area (Å²) in [6.45, 7) is 0. The highest BCUT2D eigenvalue weighted by molar-refractivity contribution is 6.30. The fourth-order valence-electron chi connectivity index (χ4n) is 1.77. The van der Waals surface area contributed by atoms with Gasteiger partial charge in [-0.3, -0.25) is 0 Å². The van der Waals surface area contributed by atoms with Crippen LogP contribution in [-0.2, 0) is 0 Å². The van der Waals surface area contributed by atoms with E-state index in [1.54, 1.807) is 16.8 Å². The SMILES string of the molecule is Nc1cc(Cl)ccc1-n1nnc2ccccc21. The molecule has 0 spiro atoms. The van der Waals surface area contributed by atoms with Crippen molar-refractivity contribution in [3.63, 3.8) is 0 Å². The Morgan fingerprint density at radius 2 is 1.94 bits per heavy atom. The molecule has 1 aromatic heterocycles. The van der Waals surface area contributed by atoms with Gasteiger partial charge in [-0.2, -0.15) is 0 Å². The second-order valence-electron chi connectivity index (χ2n) is 3.69. The van der Waals surface area contributed by atoms with Gasteiger partial charge in [0.2, 0.25) is 0 Å². The molecule has 0 amide bonds. The van der Waals surface area contributed by atoms with E-state index in [9.17, 15) is 0 Å². The number of hydrogen-bond acceptors (Lipinski definition) is 3. The van der Waals surface area contributed by atoms with Crippen molar-refractivity contribution in [3.05, 3.63) is 47.5 Å². The molecule has 0 unspecified atom stereocenters. The highest BCUT2D eigenvalue weighted by Crippen LogP contribution is 2.23. The van der Waals surface area contributed by atoms with Gasteiger partial charge in [0.15, 0.2) is 0 Å². The van der Waals surface area contributed by atoms with Crippen LogP contribution in [0.3, 0.4) is 0 Å². The summed E-state index contributed by atoms with van der Waals surface area (Å²) in [6.07, 6.45) is 0. The van der Waals surface area contributed by atoms with Gasteiger partial charge in [-0.05, 0) is 30.3 Å². The first-order valence-corrected chi connectivity index (χ1v) is 5.49. The molecule has 5 heteroatoms. The van der Waals surface area contributed by atoms with E-state index in [-0.39, 0.29) is 0 Å². The Labute approximate surface area is 103 Å². The first-order chi connectivity index (χ1) is 8.25. The van der Waals surface area contributed by atoms with Crippen LogP contribution in [0.4, 0.5) is 5.69 Å². The minimum Gasteiger partial charge on any atom is -0.397 e. The van der Waals surface area contributed by atoms with Crippen molar-refractivity contribution in [1.82, 2.24) is 15.0 Å². The molecule has 1 heterocycles. The number of halogens is 1. The Morgan fingerprint density at radius 1 is 1.12 bits per heavy atom. The molecule has 0 saturated carbocycles. The van der Waals surface area contributed by atoms with Gasteiger partial charge in [-0.1, -0.05) is 28.9 Å². The summed E-state index contributed by atoms with van der Waals surface area (Å²) in [4.78, 5) is 0. The number of para-hydroxylation sites is 1. The predicted molar refractivity (Wildman–Crippen MR) is 68.3 cm³/mol. The molecule has 0 aliphatic carbocycles. The average Bonchev–Trinajstić information content (AvgIpc) is 2.73. The third-order valence-electron chi connectivity index (χ3n) is 2.57. The molecule has 0 fully saturated rings. The van der Waals surface area contributed by atoms with E-state index in [2.05, 4.69) is 10.3 Å².